The zero-order chi connectivity index (χ0) is 11.7. The third-order valence-corrected chi connectivity index (χ3v) is 2.14. The molecule has 6 heteroatoms. The lowest BCUT2D eigenvalue weighted by atomic mass is 10.0. The molecule has 0 aliphatic rings. The molecule has 0 heterocycles. The molecule has 5 N–H and O–H groups in total. The Morgan fingerprint density at radius 2 is 1.73 bits per heavy atom. The molecule has 92 valence electrons. The van der Waals surface area contributed by atoms with Gasteiger partial charge in [-0.15, -0.1) is 0 Å². The molecule has 15 heavy (non-hydrogen) atoms. The van der Waals surface area contributed by atoms with E-state index in [1.807, 2.05) is 6.92 Å². The molecule has 0 radical (unpaired) electrons. The van der Waals surface area contributed by atoms with Crippen molar-refractivity contribution in [2.75, 3.05) is 39.6 Å². The van der Waals surface area contributed by atoms with Crippen LogP contribution < -0.4 is 5.32 Å². The Bertz CT molecular complexity index is 143. The van der Waals surface area contributed by atoms with E-state index in [2.05, 4.69) is 5.32 Å². The van der Waals surface area contributed by atoms with E-state index in [0.717, 1.165) is 0 Å². The van der Waals surface area contributed by atoms with Gasteiger partial charge in [0, 0.05) is 13.2 Å². The molecule has 0 aliphatic heterocycles. The first kappa shape index (κ1) is 14.8. The van der Waals surface area contributed by atoms with E-state index >= 15 is 0 Å². The molecular formula is C9H21NO5. The van der Waals surface area contributed by atoms with Crippen molar-refractivity contribution in [2.45, 2.75) is 18.6 Å². The van der Waals surface area contributed by atoms with Crippen molar-refractivity contribution >= 4 is 0 Å². The van der Waals surface area contributed by atoms with E-state index in [1.165, 1.54) is 0 Å². The first-order chi connectivity index (χ1) is 7.14. The number of aliphatic hydroxyl groups is 4. The maximum atomic E-state index is 9.40. The molecule has 0 aliphatic carbocycles. The number of rotatable bonds is 9. The Labute approximate surface area is 89.5 Å². The fraction of sp³-hybridized carbons (Fsp3) is 1.00. The highest BCUT2D eigenvalue weighted by Crippen LogP contribution is 2.01. The molecule has 0 saturated heterocycles. The van der Waals surface area contributed by atoms with Gasteiger partial charge in [0.05, 0.1) is 38.1 Å². The molecular weight excluding hydrogens is 202 g/mol. The fourth-order valence-corrected chi connectivity index (χ4v) is 0.965. The second-order valence-electron chi connectivity index (χ2n) is 3.45. The molecule has 0 aromatic carbocycles. The minimum Gasteiger partial charge on any atom is -0.394 e. The van der Waals surface area contributed by atoms with Crippen molar-refractivity contribution in [3.8, 4) is 0 Å². The molecule has 0 fully saturated rings. The van der Waals surface area contributed by atoms with Crippen LogP contribution >= 0.6 is 0 Å². The van der Waals surface area contributed by atoms with Crippen LogP contribution in [0.15, 0.2) is 0 Å². The second-order valence-corrected chi connectivity index (χ2v) is 3.45. The van der Waals surface area contributed by atoms with Gasteiger partial charge < -0.3 is 30.5 Å². The van der Waals surface area contributed by atoms with Crippen molar-refractivity contribution in [3.05, 3.63) is 0 Å². The molecule has 1 unspecified atom stereocenters. The van der Waals surface area contributed by atoms with E-state index in [-0.39, 0.29) is 13.2 Å². The average Bonchev–Trinajstić information content (AvgIpc) is 2.29. The fourth-order valence-electron chi connectivity index (χ4n) is 0.965. The molecule has 0 aromatic heterocycles. The summed E-state index contributed by atoms with van der Waals surface area (Å²) in [5.74, 6) is 0. The highest BCUT2D eigenvalue weighted by atomic mass is 16.5. The van der Waals surface area contributed by atoms with Crippen LogP contribution in [0.5, 0.6) is 0 Å². The molecule has 6 nitrogen and oxygen atoms in total. The Balaban J connectivity index is 3.88. The number of nitrogens with one attached hydrogen (secondary N) is 1. The Morgan fingerprint density at radius 1 is 1.20 bits per heavy atom. The second kappa shape index (κ2) is 7.98. The van der Waals surface area contributed by atoms with Gasteiger partial charge in [-0.25, -0.2) is 0 Å². The highest BCUT2D eigenvalue weighted by molar-refractivity contribution is 4.86. The lowest BCUT2D eigenvalue weighted by Gasteiger charge is -2.29. The van der Waals surface area contributed by atoms with Gasteiger partial charge in [0.1, 0.15) is 0 Å². The predicted molar refractivity (Wildman–Crippen MR) is 54.5 cm³/mol. The van der Waals surface area contributed by atoms with Crippen molar-refractivity contribution in [1.29, 1.82) is 0 Å². The average molecular weight is 223 g/mol. The zero-order valence-corrected chi connectivity index (χ0v) is 9.02. The van der Waals surface area contributed by atoms with Gasteiger partial charge in [0.25, 0.3) is 0 Å². The van der Waals surface area contributed by atoms with Crippen molar-refractivity contribution in [2.24, 2.45) is 0 Å². The number of ether oxygens (including phenoxy) is 1. The van der Waals surface area contributed by atoms with Crippen LogP contribution in [0, 0.1) is 0 Å². The summed E-state index contributed by atoms with van der Waals surface area (Å²) in [4.78, 5) is 0. The summed E-state index contributed by atoms with van der Waals surface area (Å²) in [5.41, 5.74) is -1.15. The number of aliphatic hydroxyl groups excluding tert-OH is 4. The lowest BCUT2D eigenvalue weighted by Crippen LogP contribution is -2.57. The first-order valence-electron chi connectivity index (χ1n) is 4.97. The summed E-state index contributed by atoms with van der Waals surface area (Å²) < 4.78 is 4.98. The monoisotopic (exact) mass is 223 g/mol. The summed E-state index contributed by atoms with van der Waals surface area (Å²) >= 11 is 0. The predicted octanol–water partition coefficient (Wildman–Crippen LogP) is -2.31. The van der Waals surface area contributed by atoms with E-state index in [1.54, 1.807) is 0 Å². The molecule has 0 saturated carbocycles. The molecule has 0 bridgehead atoms. The molecule has 1 atom stereocenters. The van der Waals surface area contributed by atoms with Crippen molar-refractivity contribution in [1.82, 2.24) is 5.32 Å². The first-order valence-corrected chi connectivity index (χ1v) is 4.97. The lowest BCUT2D eigenvalue weighted by molar-refractivity contribution is 0.0107. The molecule has 0 aromatic rings. The van der Waals surface area contributed by atoms with E-state index in [4.69, 9.17) is 20.1 Å². The molecule has 0 rings (SSSR count). The summed E-state index contributed by atoms with van der Waals surface area (Å²) in [5, 5.41) is 39.0. The zero-order valence-electron chi connectivity index (χ0n) is 9.02. The topological polar surface area (TPSA) is 102 Å². The van der Waals surface area contributed by atoms with E-state index in [9.17, 15) is 5.11 Å². The maximum Gasteiger partial charge on any atom is 0.0897 e. The van der Waals surface area contributed by atoms with Crippen LogP contribution in [0.4, 0.5) is 0 Å². The summed E-state index contributed by atoms with van der Waals surface area (Å²) in [7, 11) is 0. The third-order valence-electron chi connectivity index (χ3n) is 2.14. The van der Waals surface area contributed by atoms with Gasteiger partial charge >= 0.3 is 0 Å². The quantitative estimate of drug-likeness (QED) is 0.301. The molecule has 0 amide bonds. The Morgan fingerprint density at radius 3 is 2.13 bits per heavy atom. The number of β-amino-alcohol motifs (C(OH)–C–C–N with tert-alkyl or cyclic N) is 1. The number of hydrogen-bond acceptors (Lipinski definition) is 6. The highest BCUT2D eigenvalue weighted by Gasteiger charge is 2.27. The minimum atomic E-state index is -1.15. The van der Waals surface area contributed by atoms with Crippen LogP contribution in [0.3, 0.4) is 0 Å². The van der Waals surface area contributed by atoms with Crippen LogP contribution in [0.2, 0.25) is 0 Å². The molecule has 0 spiro atoms. The summed E-state index contributed by atoms with van der Waals surface area (Å²) in [6.07, 6.45) is -0.728. The van der Waals surface area contributed by atoms with E-state index < -0.39 is 31.5 Å². The van der Waals surface area contributed by atoms with Crippen molar-refractivity contribution in [3.63, 3.8) is 0 Å². The SMILES string of the molecule is CCOCC(O)CNC(CO)(CO)CO. The Hall–Kier alpha value is -0.240. The van der Waals surface area contributed by atoms with Crippen molar-refractivity contribution < 1.29 is 25.2 Å². The van der Waals surface area contributed by atoms with Gasteiger partial charge in [0.15, 0.2) is 0 Å². The van der Waals surface area contributed by atoms with Gasteiger partial charge in [-0.2, -0.15) is 0 Å². The van der Waals surface area contributed by atoms with Crippen LogP contribution in [0.1, 0.15) is 6.92 Å². The minimum absolute atomic E-state index is 0.141. The van der Waals surface area contributed by atoms with Crippen LogP contribution in [0.25, 0.3) is 0 Å². The number of hydrogen-bond donors (Lipinski definition) is 5. The smallest absolute Gasteiger partial charge is 0.0897 e. The van der Waals surface area contributed by atoms with Gasteiger partial charge in [0.2, 0.25) is 0 Å². The van der Waals surface area contributed by atoms with Gasteiger partial charge in [-0.05, 0) is 6.92 Å². The van der Waals surface area contributed by atoms with E-state index in [0.29, 0.717) is 6.61 Å². The van der Waals surface area contributed by atoms with Gasteiger partial charge in [-0.3, -0.25) is 0 Å². The largest absolute Gasteiger partial charge is 0.394 e. The third kappa shape index (κ3) is 5.41. The summed E-state index contributed by atoms with van der Waals surface area (Å²) in [6, 6.07) is 0. The summed E-state index contributed by atoms with van der Waals surface area (Å²) in [6.45, 7) is 1.45. The normalized spacial score (nSPS) is 14.2. The van der Waals surface area contributed by atoms with Gasteiger partial charge in [-0.1, -0.05) is 0 Å². The Kier molecular flexibility index (Phi) is 7.85. The van der Waals surface area contributed by atoms with Crippen LogP contribution in [-0.4, -0.2) is 71.6 Å². The van der Waals surface area contributed by atoms with Crippen LogP contribution in [-0.2, 0) is 4.74 Å². The maximum absolute atomic E-state index is 9.40. The standard InChI is InChI=1S/C9H21NO5/c1-2-15-4-8(14)3-10-9(5-11,6-12)7-13/h8,10-14H,2-7H2,1H3.